The smallest absolute Gasteiger partial charge is 0.304 e. The maximum absolute atomic E-state index is 11.7. The Kier molecular flexibility index (Phi) is 4.69. The first-order chi connectivity index (χ1) is 7.42. The molecule has 0 aromatic heterocycles. The summed E-state index contributed by atoms with van der Waals surface area (Å²) in [5.74, 6) is -1.41. The summed E-state index contributed by atoms with van der Waals surface area (Å²) in [7, 11) is -1.93. The Morgan fingerprint density at radius 2 is 2.25 bits per heavy atom. The molecular weight excluding hydrogens is 232 g/mol. The van der Waals surface area contributed by atoms with Crippen LogP contribution in [0.1, 0.15) is 19.3 Å². The van der Waals surface area contributed by atoms with Gasteiger partial charge in [-0.25, -0.2) is 12.7 Å². The molecule has 16 heavy (non-hydrogen) atoms. The largest absolute Gasteiger partial charge is 0.481 e. The minimum Gasteiger partial charge on any atom is -0.481 e. The van der Waals surface area contributed by atoms with E-state index in [2.05, 4.69) is 5.32 Å². The number of hydrogen-bond acceptors (Lipinski definition) is 4. The highest BCUT2D eigenvalue weighted by Gasteiger charge is 2.23. The van der Waals surface area contributed by atoms with Gasteiger partial charge in [0.05, 0.1) is 12.2 Å². The van der Waals surface area contributed by atoms with E-state index in [-0.39, 0.29) is 18.2 Å². The molecule has 1 unspecified atom stereocenters. The number of aliphatic carboxylic acids is 1. The Balaban J connectivity index is 2.44. The van der Waals surface area contributed by atoms with Crippen LogP contribution in [0, 0.1) is 0 Å². The molecule has 1 fully saturated rings. The van der Waals surface area contributed by atoms with Crippen LogP contribution < -0.4 is 5.32 Å². The molecule has 0 spiro atoms. The summed E-state index contributed by atoms with van der Waals surface area (Å²) in [6.45, 7) is 1.34. The Hall–Kier alpha value is -0.660. The summed E-state index contributed by atoms with van der Waals surface area (Å²) in [4.78, 5) is 10.3. The number of nitrogens with zero attached hydrogens (tertiary/aromatic N) is 1. The molecule has 0 amide bonds. The van der Waals surface area contributed by atoms with Crippen LogP contribution in [-0.4, -0.2) is 55.7 Å². The van der Waals surface area contributed by atoms with E-state index in [1.165, 1.54) is 11.4 Å². The summed E-state index contributed by atoms with van der Waals surface area (Å²) >= 11 is 0. The SMILES string of the molecule is CN(CC1CCCN1)S(=O)(=O)CCC(=O)O. The number of carbonyl (C=O) groups is 1. The fourth-order valence-corrected chi connectivity index (χ4v) is 2.86. The second-order valence-electron chi connectivity index (χ2n) is 4.03. The second-order valence-corrected chi connectivity index (χ2v) is 6.23. The van der Waals surface area contributed by atoms with Crippen molar-refractivity contribution in [3.8, 4) is 0 Å². The number of sulfonamides is 1. The molecule has 1 saturated heterocycles. The average molecular weight is 250 g/mol. The van der Waals surface area contributed by atoms with E-state index < -0.39 is 16.0 Å². The van der Waals surface area contributed by atoms with Crippen LogP contribution in [0.15, 0.2) is 0 Å². The Morgan fingerprint density at radius 3 is 2.75 bits per heavy atom. The molecule has 94 valence electrons. The van der Waals surface area contributed by atoms with Gasteiger partial charge in [0.25, 0.3) is 0 Å². The number of carboxylic acid groups (broad SMARTS) is 1. The minimum atomic E-state index is -3.43. The van der Waals surface area contributed by atoms with Crippen molar-refractivity contribution in [2.75, 3.05) is 25.9 Å². The van der Waals surface area contributed by atoms with E-state index in [0.717, 1.165) is 19.4 Å². The van der Waals surface area contributed by atoms with E-state index in [1.54, 1.807) is 0 Å². The third-order valence-corrected chi connectivity index (χ3v) is 4.51. The van der Waals surface area contributed by atoms with Crippen molar-refractivity contribution in [2.24, 2.45) is 0 Å². The zero-order valence-corrected chi connectivity index (χ0v) is 10.2. The molecule has 1 heterocycles. The van der Waals surface area contributed by atoms with Crippen molar-refractivity contribution in [1.29, 1.82) is 0 Å². The highest BCUT2D eigenvalue weighted by atomic mass is 32.2. The van der Waals surface area contributed by atoms with Gasteiger partial charge >= 0.3 is 5.97 Å². The molecule has 2 N–H and O–H groups in total. The Labute approximate surface area is 95.7 Å². The first kappa shape index (κ1) is 13.4. The molecule has 6 nitrogen and oxygen atoms in total. The lowest BCUT2D eigenvalue weighted by Crippen LogP contribution is -2.39. The van der Waals surface area contributed by atoms with Crippen molar-refractivity contribution in [3.63, 3.8) is 0 Å². The van der Waals surface area contributed by atoms with Gasteiger partial charge in [0.15, 0.2) is 0 Å². The predicted molar refractivity (Wildman–Crippen MR) is 59.7 cm³/mol. The van der Waals surface area contributed by atoms with Crippen LogP contribution in [-0.2, 0) is 14.8 Å². The normalized spacial score (nSPS) is 21.5. The van der Waals surface area contributed by atoms with Crippen LogP contribution in [0.25, 0.3) is 0 Å². The number of hydrogen-bond donors (Lipinski definition) is 2. The number of nitrogens with one attached hydrogen (secondary N) is 1. The number of carboxylic acids is 1. The molecule has 1 aliphatic rings. The van der Waals surface area contributed by atoms with Crippen LogP contribution in [0.3, 0.4) is 0 Å². The molecule has 1 rings (SSSR count). The number of rotatable bonds is 6. The molecular formula is C9H18N2O4S. The van der Waals surface area contributed by atoms with Crippen LogP contribution in [0.2, 0.25) is 0 Å². The van der Waals surface area contributed by atoms with Crippen LogP contribution in [0.4, 0.5) is 0 Å². The van der Waals surface area contributed by atoms with Crippen molar-refractivity contribution in [1.82, 2.24) is 9.62 Å². The summed E-state index contributed by atoms with van der Waals surface area (Å²) in [5.41, 5.74) is 0. The van der Waals surface area contributed by atoms with Gasteiger partial charge in [-0.2, -0.15) is 0 Å². The first-order valence-corrected chi connectivity index (χ1v) is 6.92. The van der Waals surface area contributed by atoms with Crippen molar-refractivity contribution in [2.45, 2.75) is 25.3 Å². The lowest BCUT2D eigenvalue weighted by molar-refractivity contribution is -0.136. The van der Waals surface area contributed by atoms with E-state index in [9.17, 15) is 13.2 Å². The number of likely N-dealkylation sites (N-methyl/N-ethyl adjacent to an activating group) is 1. The Bertz CT molecular complexity index is 335. The van der Waals surface area contributed by atoms with Gasteiger partial charge in [0.2, 0.25) is 10.0 Å². The Morgan fingerprint density at radius 1 is 1.56 bits per heavy atom. The van der Waals surface area contributed by atoms with Gasteiger partial charge in [0.1, 0.15) is 0 Å². The van der Waals surface area contributed by atoms with E-state index >= 15 is 0 Å². The van der Waals surface area contributed by atoms with Gasteiger partial charge in [-0.1, -0.05) is 0 Å². The zero-order chi connectivity index (χ0) is 12.2. The summed E-state index contributed by atoms with van der Waals surface area (Å²) in [5, 5.41) is 11.6. The quantitative estimate of drug-likeness (QED) is 0.662. The monoisotopic (exact) mass is 250 g/mol. The topological polar surface area (TPSA) is 86.7 Å². The van der Waals surface area contributed by atoms with E-state index in [1.807, 2.05) is 0 Å². The fourth-order valence-electron chi connectivity index (χ4n) is 1.71. The molecule has 0 aromatic carbocycles. The predicted octanol–water partition coefficient (Wildman–Crippen LogP) is -0.525. The standard InChI is InChI=1S/C9H18N2O4S/c1-11(7-8-3-2-5-10-8)16(14,15)6-4-9(12)13/h8,10H,2-7H2,1H3,(H,12,13). The van der Waals surface area contributed by atoms with Crippen LogP contribution in [0.5, 0.6) is 0 Å². The lowest BCUT2D eigenvalue weighted by Gasteiger charge is -2.20. The average Bonchev–Trinajstić information content (AvgIpc) is 2.67. The lowest BCUT2D eigenvalue weighted by atomic mass is 10.2. The third kappa shape index (κ3) is 4.07. The van der Waals surface area contributed by atoms with E-state index in [0.29, 0.717) is 6.54 Å². The van der Waals surface area contributed by atoms with E-state index in [4.69, 9.17) is 5.11 Å². The highest BCUT2D eigenvalue weighted by molar-refractivity contribution is 7.89. The highest BCUT2D eigenvalue weighted by Crippen LogP contribution is 2.09. The molecule has 0 saturated carbocycles. The molecule has 0 aromatic rings. The van der Waals surface area contributed by atoms with Gasteiger partial charge in [-0.15, -0.1) is 0 Å². The van der Waals surface area contributed by atoms with Gasteiger partial charge in [-0.3, -0.25) is 4.79 Å². The molecule has 1 aliphatic heterocycles. The third-order valence-electron chi connectivity index (χ3n) is 2.69. The second kappa shape index (κ2) is 5.60. The summed E-state index contributed by atoms with van der Waals surface area (Å²) in [6.07, 6.45) is 1.69. The van der Waals surface area contributed by atoms with Gasteiger partial charge < -0.3 is 10.4 Å². The molecule has 0 aliphatic carbocycles. The summed E-state index contributed by atoms with van der Waals surface area (Å²) < 4.78 is 24.6. The fraction of sp³-hybridized carbons (Fsp3) is 0.889. The molecule has 0 radical (unpaired) electrons. The summed E-state index contributed by atoms with van der Waals surface area (Å²) in [6, 6.07) is 0.199. The molecule has 0 bridgehead atoms. The maximum atomic E-state index is 11.7. The minimum absolute atomic E-state index is 0.199. The molecule has 7 heteroatoms. The van der Waals surface area contributed by atoms with Gasteiger partial charge in [-0.05, 0) is 19.4 Å². The van der Waals surface area contributed by atoms with Crippen molar-refractivity contribution in [3.05, 3.63) is 0 Å². The maximum Gasteiger partial charge on any atom is 0.304 e. The first-order valence-electron chi connectivity index (χ1n) is 5.31. The molecule has 1 atom stereocenters. The van der Waals surface area contributed by atoms with Crippen LogP contribution >= 0.6 is 0 Å². The van der Waals surface area contributed by atoms with Crippen molar-refractivity contribution < 1.29 is 18.3 Å². The van der Waals surface area contributed by atoms with Gasteiger partial charge in [0, 0.05) is 19.6 Å². The van der Waals surface area contributed by atoms with Crippen molar-refractivity contribution >= 4 is 16.0 Å². The zero-order valence-electron chi connectivity index (χ0n) is 9.35.